The Bertz CT molecular complexity index is 179. The number of nitrogens with one attached hydrogen (secondary N) is 3. The summed E-state index contributed by atoms with van der Waals surface area (Å²) in [5, 5.41) is 9.55. The number of amides is 1. The minimum Gasteiger partial charge on any atom is -0.353 e. The molecule has 4 heteroatoms. The molecule has 0 aromatic rings. The summed E-state index contributed by atoms with van der Waals surface area (Å²) >= 11 is 0. The van der Waals surface area contributed by atoms with Gasteiger partial charge in [0.15, 0.2) is 0 Å². The van der Waals surface area contributed by atoms with E-state index in [1.54, 1.807) is 0 Å². The summed E-state index contributed by atoms with van der Waals surface area (Å²) in [6.45, 7) is 3.55. The van der Waals surface area contributed by atoms with Gasteiger partial charge in [-0.15, -0.1) is 0 Å². The summed E-state index contributed by atoms with van der Waals surface area (Å²) in [7, 11) is 0. The Hall–Kier alpha value is -0.610. The molecule has 1 unspecified atom stereocenters. The predicted molar refractivity (Wildman–Crippen MR) is 50.4 cm³/mol. The molecule has 2 rings (SSSR count). The molecule has 74 valence electrons. The molecule has 0 aromatic carbocycles. The van der Waals surface area contributed by atoms with Crippen LogP contribution < -0.4 is 16.0 Å². The van der Waals surface area contributed by atoms with Gasteiger partial charge in [0, 0.05) is 12.6 Å². The van der Waals surface area contributed by atoms with Crippen LogP contribution in [0.15, 0.2) is 0 Å². The van der Waals surface area contributed by atoms with Crippen LogP contribution in [0.4, 0.5) is 0 Å². The Morgan fingerprint density at radius 2 is 2.00 bits per heavy atom. The minimum atomic E-state index is 0.130. The van der Waals surface area contributed by atoms with Crippen molar-refractivity contribution >= 4 is 5.91 Å². The Labute approximate surface area is 78.5 Å². The molecule has 13 heavy (non-hydrogen) atoms. The van der Waals surface area contributed by atoms with Gasteiger partial charge in [-0.05, 0) is 31.8 Å². The number of piperazine rings is 1. The lowest BCUT2D eigenvalue weighted by atomic mass is 9.89. The fourth-order valence-corrected chi connectivity index (χ4v) is 2.16. The van der Waals surface area contributed by atoms with Crippen LogP contribution in [0.25, 0.3) is 0 Å². The Kier molecular flexibility index (Phi) is 2.80. The number of carbonyl (C=O) groups excluding carboxylic acids is 1. The highest BCUT2D eigenvalue weighted by molar-refractivity contribution is 5.78. The van der Waals surface area contributed by atoms with Crippen molar-refractivity contribution in [2.24, 2.45) is 5.92 Å². The summed E-state index contributed by atoms with van der Waals surface area (Å²) in [5.74, 6) is 0.868. The van der Waals surface area contributed by atoms with Crippen LogP contribution in [0, 0.1) is 5.92 Å². The first-order chi connectivity index (χ1) is 6.36. The van der Waals surface area contributed by atoms with Crippen LogP contribution in [0.5, 0.6) is 0 Å². The fourth-order valence-electron chi connectivity index (χ4n) is 2.16. The topological polar surface area (TPSA) is 53.2 Å². The molecule has 0 radical (unpaired) electrons. The van der Waals surface area contributed by atoms with E-state index in [9.17, 15) is 4.79 Å². The van der Waals surface area contributed by atoms with Gasteiger partial charge in [-0.1, -0.05) is 0 Å². The summed E-state index contributed by atoms with van der Waals surface area (Å²) in [6, 6.07) is 0.500. The lowest BCUT2D eigenvalue weighted by Gasteiger charge is -2.34. The minimum absolute atomic E-state index is 0.130. The monoisotopic (exact) mass is 183 g/mol. The molecule has 0 aliphatic carbocycles. The van der Waals surface area contributed by atoms with E-state index >= 15 is 0 Å². The second kappa shape index (κ2) is 4.07. The summed E-state index contributed by atoms with van der Waals surface area (Å²) in [6.07, 6.45) is 2.46. The van der Waals surface area contributed by atoms with Gasteiger partial charge in [0.2, 0.25) is 5.91 Å². The Balaban J connectivity index is 1.82. The summed E-state index contributed by atoms with van der Waals surface area (Å²) in [4.78, 5) is 10.9. The van der Waals surface area contributed by atoms with E-state index in [-0.39, 0.29) is 5.91 Å². The lowest BCUT2D eigenvalue weighted by molar-refractivity contribution is -0.121. The number of piperidine rings is 1. The molecule has 1 amide bonds. The lowest BCUT2D eigenvalue weighted by Crippen LogP contribution is -2.56. The highest BCUT2D eigenvalue weighted by Gasteiger charge is 2.26. The normalized spacial score (nSPS) is 31.4. The van der Waals surface area contributed by atoms with Crippen LogP contribution in [0.3, 0.4) is 0 Å². The smallest absolute Gasteiger partial charge is 0.234 e. The number of hydrogen-bond donors (Lipinski definition) is 3. The van der Waals surface area contributed by atoms with Crippen molar-refractivity contribution in [1.29, 1.82) is 0 Å². The van der Waals surface area contributed by atoms with Crippen molar-refractivity contribution in [3.05, 3.63) is 0 Å². The van der Waals surface area contributed by atoms with E-state index in [0.29, 0.717) is 12.6 Å². The van der Waals surface area contributed by atoms with Crippen molar-refractivity contribution in [2.45, 2.75) is 18.9 Å². The second-order valence-electron chi connectivity index (χ2n) is 3.88. The molecule has 1 atom stereocenters. The molecule has 0 spiro atoms. The zero-order chi connectivity index (χ0) is 9.10. The average Bonchev–Trinajstić information content (AvgIpc) is 2.20. The first-order valence-corrected chi connectivity index (χ1v) is 5.07. The molecular formula is C9H17N3O. The maximum atomic E-state index is 10.9. The first-order valence-electron chi connectivity index (χ1n) is 5.07. The van der Waals surface area contributed by atoms with Crippen LogP contribution in [-0.2, 0) is 4.79 Å². The summed E-state index contributed by atoms with van der Waals surface area (Å²) in [5.41, 5.74) is 0. The van der Waals surface area contributed by atoms with Gasteiger partial charge in [-0.3, -0.25) is 4.79 Å². The molecule has 3 N–H and O–H groups in total. The van der Waals surface area contributed by atoms with Crippen molar-refractivity contribution in [3.63, 3.8) is 0 Å². The Morgan fingerprint density at radius 1 is 1.23 bits per heavy atom. The third-order valence-corrected chi connectivity index (χ3v) is 3.00. The van der Waals surface area contributed by atoms with Gasteiger partial charge >= 0.3 is 0 Å². The highest BCUT2D eigenvalue weighted by Crippen LogP contribution is 2.16. The molecule has 2 aliphatic rings. The maximum Gasteiger partial charge on any atom is 0.234 e. The molecule has 0 saturated carbocycles. The molecule has 0 bridgehead atoms. The molecule has 2 heterocycles. The van der Waals surface area contributed by atoms with Crippen LogP contribution >= 0.6 is 0 Å². The van der Waals surface area contributed by atoms with E-state index in [0.717, 1.165) is 25.6 Å². The van der Waals surface area contributed by atoms with Crippen molar-refractivity contribution in [2.75, 3.05) is 26.2 Å². The third-order valence-electron chi connectivity index (χ3n) is 3.00. The average molecular weight is 183 g/mol. The van der Waals surface area contributed by atoms with E-state index in [2.05, 4.69) is 16.0 Å². The van der Waals surface area contributed by atoms with Crippen LogP contribution in [-0.4, -0.2) is 38.1 Å². The van der Waals surface area contributed by atoms with Gasteiger partial charge in [-0.2, -0.15) is 0 Å². The zero-order valence-corrected chi connectivity index (χ0v) is 7.81. The Morgan fingerprint density at radius 3 is 2.62 bits per heavy atom. The molecule has 2 aliphatic heterocycles. The highest BCUT2D eigenvalue weighted by atomic mass is 16.2. The van der Waals surface area contributed by atoms with E-state index in [1.165, 1.54) is 12.8 Å². The zero-order valence-electron chi connectivity index (χ0n) is 7.81. The number of rotatable bonds is 1. The number of carbonyl (C=O) groups is 1. The van der Waals surface area contributed by atoms with Crippen molar-refractivity contribution in [1.82, 2.24) is 16.0 Å². The van der Waals surface area contributed by atoms with Gasteiger partial charge < -0.3 is 16.0 Å². The largest absolute Gasteiger partial charge is 0.353 e. The standard InChI is InChI=1S/C9H17N3O/c13-9-6-11-8(5-12-9)7-1-3-10-4-2-7/h7-8,10-11H,1-6H2,(H,12,13). The van der Waals surface area contributed by atoms with Gasteiger partial charge in [0.25, 0.3) is 0 Å². The van der Waals surface area contributed by atoms with E-state index in [1.807, 2.05) is 0 Å². The molecule has 4 nitrogen and oxygen atoms in total. The first kappa shape index (κ1) is 8.97. The molecule has 2 saturated heterocycles. The predicted octanol–water partition coefficient (Wildman–Crippen LogP) is -0.926. The SMILES string of the molecule is O=C1CNC(C2CCNCC2)CN1. The molecular weight excluding hydrogens is 166 g/mol. The molecule has 2 fully saturated rings. The third kappa shape index (κ3) is 2.19. The van der Waals surface area contributed by atoms with Crippen molar-refractivity contribution in [3.8, 4) is 0 Å². The van der Waals surface area contributed by atoms with Gasteiger partial charge in [0.1, 0.15) is 0 Å². The van der Waals surface area contributed by atoms with Gasteiger partial charge in [-0.25, -0.2) is 0 Å². The second-order valence-corrected chi connectivity index (χ2v) is 3.88. The number of hydrogen-bond acceptors (Lipinski definition) is 3. The van der Waals surface area contributed by atoms with Crippen LogP contribution in [0.1, 0.15) is 12.8 Å². The quantitative estimate of drug-likeness (QED) is 0.492. The maximum absolute atomic E-state index is 10.9. The van der Waals surface area contributed by atoms with Gasteiger partial charge in [0.05, 0.1) is 6.54 Å². The van der Waals surface area contributed by atoms with E-state index < -0.39 is 0 Å². The molecule has 0 aromatic heterocycles. The van der Waals surface area contributed by atoms with E-state index in [4.69, 9.17) is 0 Å². The van der Waals surface area contributed by atoms with Crippen molar-refractivity contribution < 1.29 is 4.79 Å². The fraction of sp³-hybridized carbons (Fsp3) is 0.889. The van der Waals surface area contributed by atoms with Crippen LogP contribution in [0.2, 0.25) is 0 Å². The summed E-state index contributed by atoms with van der Waals surface area (Å²) < 4.78 is 0.